The Balaban J connectivity index is 1.69. The van der Waals surface area contributed by atoms with Gasteiger partial charge in [-0.2, -0.15) is 4.68 Å². The van der Waals surface area contributed by atoms with E-state index in [-0.39, 0.29) is 11.6 Å². The molecule has 0 bridgehead atoms. The Morgan fingerprint density at radius 2 is 1.87 bits per heavy atom. The predicted octanol–water partition coefficient (Wildman–Crippen LogP) is 0.0482. The van der Waals surface area contributed by atoms with Gasteiger partial charge in [0.15, 0.2) is 0 Å². The number of carbonyl (C=O) groups excluding carboxylic acids is 1. The second-order valence-corrected chi connectivity index (χ2v) is 5.83. The molecule has 1 fully saturated rings. The summed E-state index contributed by atoms with van der Waals surface area (Å²) in [7, 11) is 3.50. The maximum atomic E-state index is 12.4. The monoisotopic (exact) mass is 316 g/mol. The van der Waals surface area contributed by atoms with E-state index in [1.807, 2.05) is 17.0 Å². The average Bonchev–Trinajstić information content (AvgIpc) is 2.57. The van der Waals surface area contributed by atoms with E-state index in [1.165, 1.54) is 4.68 Å². The van der Waals surface area contributed by atoms with E-state index in [4.69, 9.17) is 0 Å². The second-order valence-electron chi connectivity index (χ2n) is 5.83. The van der Waals surface area contributed by atoms with Crippen molar-refractivity contribution >= 4 is 16.9 Å². The van der Waals surface area contributed by atoms with Crippen LogP contribution in [0.4, 0.5) is 4.79 Å². The van der Waals surface area contributed by atoms with E-state index < -0.39 is 0 Å². The highest BCUT2D eigenvalue weighted by Gasteiger charge is 2.22. The van der Waals surface area contributed by atoms with Gasteiger partial charge in [-0.05, 0) is 12.1 Å². The molecule has 8 nitrogen and oxygen atoms in total. The largest absolute Gasteiger partial charge is 0.331 e. The molecular weight excluding hydrogens is 296 g/mol. The molecule has 2 aromatic rings. The van der Waals surface area contributed by atoms with Crippen LogP contribution in [0.1, 0.15) is 0 Å². The van der Waals surface area contributed by atoms with Gasteiger partial charge >= 0.3 is 6.03 Å². The van der Waals surface area contributed by atoms with Crippen LogP contribution in [0.15, 0.2) is 29.1 Å². The maximum Gasteiger partial charge on any atom is 0.319 e. The van der Waals surface area contributed by atoms with Crippen molar-refractivity contribution in [1.29, 1.82) is 0 Å². The van der Waals surface area contributed by atoms with Crippen LogP contribution in [0.3, 0.4) is 0 Å². The molecule has 3 rings (SSSR count). The van der Waals surface area contributed by atoms with Crippen molar-refractivity contribution in [2.75, 3.05) is 40.3 Å². The number of piperazine rings is 1. The van der Waals surface area contributed by atoms with E-state index in [1.54, 1.807) is 31.1 Å². The Labute approximate surface area is 133 Å². The first-order valence-electron chi connectivity index (χ1n) is 7.57. The molecule has 2 heterocycles. The number of hydrogen-bond acceptors (Lipinski definition) is 5. The molecule has 1 aliphatic rings. The summed E-state index contributed by atoms with van der Waals surface area (Å²) in [6.07, 6.45) is 0. The molecule has 0 aliphatic carbocycles. The lowest BCUT2D eigenvalue weighted by Gasteiger charge is -2.35. The van der Waals surface area contributed by atoms with Gasteiger partial charge in [0.25, 0.3) is 5.56 Å². The Morgan fingerprint density at radius 3 is 2.57 bits per heavy atom. The lowest BCUT2D eigenvalue weighted by Crippen LogP contribution is -2.52. The van der Waals surface area contributed by atoms with E-state index in [2.05, 4.69) is 15.2 Å². The third-order valence-electron chi connectivity index (χ3n) is 3.99. The molecular formula is C15H20N6O2. The molecule has 0 spiro atoms. The molecule has 1 aromatic heterocycles. The summed E-state index contributed by atoms with van der Waals surface area (Å²) in [4.78, 5) is 29.8. The summed E-state index contributed by atoms with van der Waals surface area (Å²) >= 11 is 0. The molecule has 1 saturated heterocycles. The van der Waals surface area contributed by atoms with Crippen molar-refractivity contribution in [3.05, 3.63) is 34.6 Å². The highest BCUT2D eigenvalue weighted by molar-refractivity contribution is 5.76. The zero-order chi connectivity index (χ0) is 16.4. The molecule has 2 amide bonds. The van der Waals surface area contributed by atoms with Gasteiger partial charge in [0.05, 0.1) is 12.1 Å². The first kappa shape index (κ1) is 15.4. The summed E-state index contributed by atoms with van der Waals surface area (Å²) in [6, 6.07) is 7.21. The fourth-order valence-electron chi connectivity index (χ4n) is 2.67. The van der Waals surface area contributed by atoms with Crippen LogP contribution in [-0.2, 0) is 6.67 Å². The van der Waals surface area contributed by atoms with Gasteiger partial charge in [-0.15, -0.1) is 5.10 Å². The average molecular weight is 316 g/mol. The van der Waals surface area contributed by atoms with Crippen molar-refractivity contribution in [2.24, 2.45) is 0 Å². The summed E-state index contributed by atoms with van der Waals surface area (Å²) < 4.78 is 1.38. The maximum absolute atomic E-state index is 12.4. The van der Waals surface area contributed by atoms with Gasteiger partial charge in [-0.25, -0.2) is 4.79 Å². The molecule has 0 saturated carbocycles. The third-order valence-corrected chi connectivity index (χ3v) is 3.99. The molecule has 0 atom stereocenters. The van der Waals surface area contributed by atoms with Crippen LogP contribution in [0.5, 0.6) is 0 Å². The molecule has 1 aliphatic heterocycles. The zero-order valence-corrected chi connectivity index (χ0v) is 13.3. The van der Waals surface area contributed by atoms with Gasteiger partial charge in [0.1, 0.15) is 5.52 Å². The molecule has 122 valence electrons. The Kier molecular flexibility index (Phi) is 4.24. The summed E-state index contributed by atoms with van der Waals surface area (Å²) in [5, 5.41) is 8.67. The Morgan fingerprint density at radius 1 is 1.17 bits per heavy atom. The van der Waals surface area contributed by atoms with Crippen LogP contribution in [0, 0.1) is 0 Å². The fraction of sp³-hybridized carbons (Fsp3) is 0.467. The molecule has 0 radical (unpaired) electrons. The zero-order valence-electron chi connectivity index (χ0n) is 13.3. The van der Waals surface area contributed by atoms with Gasteiger partial charge in [0, 0.05) is 40.3 Å². The SMILES string of the molecule is CN(C)C(=O)N1CCN(Cn2nnc3ccccc3c2=O)CC1. The number of nitrogens with zero attached hydrogens (tertiary/aromatic N) is 6. The first-order valence-corrected chi connectivity index (χ1v) is 7.57. The summed E-state index contributed by atoms with van der Waals surface area (Å²) in [5.74, 6) is 0. The van der Waals surface area contributed by atoms with E-state index in [0.717, 1.165) is 0 Å². The van der Waals surface area contributed by atoms with Crippen molar-refractivity contribution < 1.29 is 4.79 Å². The lowest BCUT2D eigenvalue weighted by atomic mass is 10.2. The fourth-order valence-corrected chi connectivity index (χ4v) is 2.67. The number of urea groups is 1. The molecule has 0 unspecified atom stereocenters. The number of aromatic nitrogens is 3. The molecule has 0 N–H and O–H groups in total. The van der Waals surface area contributed by atoms with Crippen molar-refractivity contribution in [2.45, 2.75) is 6.67 Å². The van der Waals surface area contributed by atoms with Gasteiger partial charge in [-0.3, -0.25) is 9.69 Å². The van der Waals surface area contributed by atoms with E-state index in [9.17, 15) is 9.59 Å². The number of hydrogen-bond donors (Lipinski definition) is 0. The standard InChI is InChI=1S/C15H20N6O2/c1-18(2)15(23)20-9-7-19(8-10-20)11-21-14(22)12-5-3-4-6-13(12)16-17-21/h3-6H,7-11H2,1-2H3. The topological polar surface area (TPSA) is 74.6 Å². The lowest BCUT2D eigenvalue weighted by molar-refractivity contribution is 0.101. The number of amides is 2. The van der Waals surface area contributed by atoms with Gasteiger partial charge in [0.2, 0.25) is 0 Å². The van der Waals surface area contributed by atoms with Crippen molar-refractivity contribution in [1.82, 2.24) is 29.7 Å². The molecule has 8 heteroatoms. The van der Waals surface area contributed by atoms with Gasteiger partial charge < -0.3 is 9.80 Å². The number of benzene rings is 1. The third kappa shape index (κ3) is 3.16. The van der Waals surface area contributed by atoms with E-state index in [0.29, 0.717) is 43.8 Å². The first-order chi connectivity index (χ1) is 11.1. The highest BCUT2D eigenvalue weighted by atomic mass is 16.2. The Hall–Kier alpha value is -2.48. The van der Waals surface area contributed by atoms with Gasteiger partial charge in [-0.1, -0.05) is 17.3 Å². The predicted molar refractivity (Wildman–Crippen MR) is 86.0 cm³/mol. The minimum atomic E-state index is -0.137. The van der Waals surface area contributed by atoms with Crippen LogP contribution in [0.25, 0.3) is 10.9 Å². The number of fused-ring (bicyclic) bond motifs is 1. The number of rotatable bonds is 2. The van der Waals surface area contributed by atoms with Crippen molar-refractivity contribution in [3.63, 3.8) is 0 Å². The second kappa shape index (κ2) is 6.33. The van der Waals surface area contributed by atoms with E-state index >= 15 is 0 Å². The summed E-state index contributed by atoms with van der Waals surface area (Å²) in [6.45, 7) is 3.10. The molecule has 1 aromatic carbocycles. The smallest absolute Gasteiger partial charge is 0.319 e. The number of carbonyl (C=O) groups is 1. The summed E-state index contributed by atoms with van der Waals surface area (Å²) in [5.41, 5.74) is 0.470. The minimum Gasteiger partial charge on any atom is -0.331 e. The normalized spacial score (nSPS) is 15.8. The molecule has 23 heavy (non-hydrogen) atoms. The van der Waals surface area contributed by atoms with Crippen LogP contribution in [-0.4, -0.2) is 76.0 Å². The van der Waals surface area contributed by atoms with Crippen LogP contribution < -0.4 is 5.56 Å². The quantitative estimate of drug-likeness (QED) is 0.782. The minimum absolute atomic E-state index is 0.0207. The highest BCUT2D eigenvalue weighted by Crippen LogP contribution is 2.06. The van der Waals surface area contributed by atoms with Crippen LogP contribution in [0.2, 0.25) is 0 Å². The van der Waals surface area contributed by atoms with Crippen molar-refractivity contribution in [3.8, 4) is 0 Å². The Bertz CT molecular complexity index is 764. The van der Waals surface area contributed by atoms with Crippen LogP contribution >= 0.6 is 0 Å².